The van der Waals surface area contributed by atoms with E-state index in [-0.39, 0.29) is 11.8 Å². The van der Waals surface area contributed by atoms with Crippen LogP contribution in [0.5, 0.6) is 23.0 Å². The molecule has 4 aromatic rings. The van der Waals surface area contributed by atoms with Gasteiger partial charge in [-0.05, 0) is 48.7 Å². The van der Waals surface area contributed by atoms with Crippen LogP contribution >= 0.6 is 11.6 Å². The van der Waals surface area contributed by atoms with Gasteiger partial charge >= 0.3 is 6.03 Å². The number of ether oxygens (including phenoxy) is 4. The van der Waals surface area contributed by atoms with Crippen molar-refractivity contribution in [2.75, 3.05) is 45.3 Å². The highest BCUT2D eigenvalue weighted by Crippen LogP contribution is 2.35. The standard InChI is InChI=1S/C30H34ClN5O6/c1-18(17-37)33-30(38)35-28-11-21-10-27(31)34-29(24(21)14-32-28)36(15-19-6-8-22(39-2)12-25(19)41-4)16-20-7-9-23(40-3)13-26(20)42-5/h6-14,18,37H,15-17H2,1-5H3,(H2,32,33,35,38). The summed E-state index contributed by atoms with van der Waals surface area (Å²) in [4.78, 5) is 23.5. The summed E-state index contributed by atoms with van der Waals surface area (Å²) >= 11 is 6.55. The minimum absolute atomic E-state index is 0.184. The van der Waals surface area contributed by atoms with Crippen LogP contribution in [0.1, 0.15) is 18.1 Å². The lowest BCUT2D eigenvalue weighted by atomic mass is 10.1. The molecule has 0 bridgehead atoms. The van der Waals surface area contributed by atoms with Crippen molar-refractivity contribution in [3.8, 4) is 23.0 Å². The Kier molecular flexibility index (Phi) is 10.1. The average molecular weight is 596 g/mol. The third-order valence-electron chi connectivity index (χ3n) is 6.57. The largest absolute Gasteiger partial charge is 0.497 e. The number of hydrogen-bond acceptors (Lipinski definition) is 9. The van der Waals surface area contributed by atoms with Crippen molar-refractivity contribution in [3.05, 3.63) is 71.0 Å². The summed E-state index contributed by atoms with van der Waals surface area (Å²) < 4.78 is 22.1. The molecule has 42 heavy (non-hydrogen) atoms. The summed E-state index contributed by atoms with van der Waals surface area (Å²) in [6.45, 7) is 2.30. The lowest BCUT2D eigenvalue weighted by Gasteiger charge is -2.27. The number of benzene rings is 2. The second kappa shape index (κ2) is 13.9. The maximum absolute atomic E-state index is 12.3. The van der Waals surface area contributed by atoms with E-state index in [2.05, 4.69) is 15.6 Å². The van der Waals surface area contributed by atoms with Crippen LogP contribution in [0, 0.1) is 0 Å². The average Bonchev–Trinajstić information content (AvgIpc) is 3.00. The van der Waals surface area contributed by atoms with Crippen LogP contribution in [0.25, 0.3) is 10.8 Å². The molecule has 12 heteroatoms. The SMILES string of the molecule is COc1ccc(CN(Cc2ccc(OC)cc2OC)c2nc(Cl)cc3cc(NC(=O)NC(C)CO)ncc23)c(OC)c1. The number of anilines is 2. The van der Waals surface area contributed by atoms with Gasteiger partial charge in [0.25, 0.3) is 0 Å². The van der Waals surface area contributed by atoms with Crippen molar-refractivity contribution in [1.82, 2.24) is 15.3 Å². The summed E-state index contributed by atoms with van der Waals surface area (Å²) in [5, 5.41) is 16.2. The molecule has 1 atom stereocenters. The number of halogens is 1. The minimum atomic E-state index is -0.483. The van der Waals surface area contributed by atoms with Crippen molar-refractivity contribution in [3.63, 3.8) is 0 Å². The van der Waals surface area contributed by atoms with Crippen molar-refractivity contribution < 1.29 is 28.8 Å². The molecule has 0 aliphatic carbocycles. The fourth-order valence-corrected chi connectivity index (χ4v) is 4.61. The Balaban J connectivity index is 1.79. The molecule has 0 fully saturated rings. The van der Waals surface area contributed by atoms with E-state index in [4.69, 9.17) is 35.5 Å². The minimum Gasteiger partial charge on any atom is -0.497 e. The van der Waals surface area contributed by atoms with Crippen LogP contribution in [0.3, 0.4) is 0 Å². The first-order valence-electron chi connectivity index (χ1n) is 13.1. The number of rotatable bonds is 12. The van der Waals surface area contributed by atoms with Crippen LogP contribution in [-0.2, 0) is 13.1 Å². The first-order valence-corrected chi connectivity index (χ1v) is 13.5. The molecular weight excluding hydrogens is 562 g/mol. The van der Waals surface area contributed by atoms with E-state index in [1.807, 2.05) is 41.3 Å². The van der Waals surface area contributed by atoms with Gasteiger partial charge in [0.1, 0.15) is 39.8 Å². The first-order chi connectivity index (χ1) is 20.3. The van der Waals surface area contributed by atoms with Gasteiger partial charge in [-0.15, -0.1) is 0 Å². The van der Waals surface area contributed by atoms with Gasteiger partial charge in [-0.3, -0.25) is 5.32 Å². The van der Waals surface area contributed by atoms with E-state index in [9.17, 15) is 9.90 Å². The Hall–Kier alpha value is -4.48. The fraction of sp³-hybridized carbons (Fsp3) is 0.300. The van der Waals surface area contributed by atoms with Gasteiger partial charge in [0.15, 0.2) is 0 Å². The number of pyridine rings is 2. The number of aromatic nitrogens is 2. The number of aliphatic hydroxyl groups is 1. The van der Waals surface area contributed by atoms with Crippen molar-refractivity contribution in [2.45, 2.75) is 26.1 Å². The third-order valence-corrected chi connectivity index (χ3v) is 6.76. The second-order valence-electron chi connectivity index (χ2n) is 9.45. The molecule has 0 aliphatic rings. The molecule has 0 saturated carbocycles. The first kappa shape index (κ1) is 30.5. The quantitative estimate of drug-likeness (QED) is 0.193. The molecule has 3 N–H and O–H groups in total. The molecule has 1 unspecified atom stereocenters. The van der Waals surface area contributed by atoms with E-state index in [1.54, 1.807) is 53.7 Å². The highest BCUT2D eigenvalue weighted by atomic mass is 35.5. The normalized spacial score (nSPS) is 11.5. The number of methoxy groups -OCH3 is 4. The Bertz CT molecular complexity index is 1500. The zero-order valence-electron chi connectivity index (χ0n) is 24.1. The summed E-state index contributed by atoms with van der Waals surface area (Å²) in [5.41, 5.74) is 1.78. The zero-order chi connectivity index (χ0) is 30.2. The number of hydrogen-bond donors (Lipinski definition) is 3. The predicted octanol–water partition coefficient (Wildman–Crippen LogP) is 5.03. The van der Waals surface area contributed by atoms with Gasteiger partial charge in [-0.25, -0.2) is 14.8 Å². The highest BCUT2D eigenvalue weighted by Gasteiger charge is 2.20. The smallest absolute Gasteiger partial charge is 0.320 e. The number of amides is 2. The summed E-state index contributed by atoms with van der Waals surface area (Å²) in [5.74, 6) is 3.54. The Morgan fingerprint density at radius 3 is 2.05 bits per heavy atom. The summed E-state index contributed by atoms with van der Waals surface area (Å²) in [7, 11) is 6.42. The molecular formula is C30H34ClN5O6. The molecule has 0 spiro atoms. The zero-order valence-corrected chi connectivity index (χ0v) is 24.9. The van der Waals surface area contributed by atoms with Crippen LogP contribution in [0.4, 0.5) is 16.4 Å². The highest BCUT2D eigenvalue weighted by molar-refractivity contribution is 6.30. The Morgan fingerprint density at radius 1 is 0.929 bits per heavy atom. The van der Waals surface area contributed by atoms with E-state index >= 15 is 0 Å². The molecule has 2 aromatic carbocycles. The number of carbonyl (C=O) groups is 1. The summed E-state index contributed by atoms with van der Waals surface area (Å²) in [6.07, 6.45) is 1.64. The van der Waals surface area contributed by atoms with E-state index in [0.29, 0.717) is 53.1 Å². The van der Waals surface area contributed by atoms with Gasteiger partial charge in [0.2, 0.25) is 0 Å². The molecule has 0 radical (unpaired) electrons. The van der Waals surface area contributed by atoms with Gasteiger partial charge in [-0.1, -0.05) is 11.6 Å². The number of fused-ring (bicyclic) bond motifs is 1. The van der Waals surface area contributed by atoms with Crippen molar-refractivity contribution in [2.24, 2.45) is 0 Å². The van der Waals surface area contributed by atoms with Crippen LogP contribution in [-0.4, -0.2) is 62.2 Å². The maximum atomic E-state index is 12.3. The monoisotopic (exact) mass is 595 g/mol. The van der Waals surface area contributed by atoms with Gasteiger partial charge in [-0.2, -0.15) is 0 Å². The number of nitrogens with zero attached hydrogens (tertiary/aromatic N) is 3. The van der Waals surface area contributed by atoms with E-state index < -0.39 is 12.1 Å². The number of aliphatic hydroxyl groups excluding tert-OH is 1. The molecule has 2 heterocycles. The second-order valence-corrected chi connectivity index (χ2v) is 9.84. The number of nitrogens with one attached hydrogen (secondary N) is 2. The van der Waals surface area contributed by atoms with Gasteiger partial charge < -0.3 is 34.3 Å². The molecule has 0 aliphatic heterocycles. The molecule has 222 valence electrons. The lowest BCUT2D eigenvalue weighted by Crippen LogP contribution is -2.38. The lowest BCUT2D eigenvalue weighted by molar-refractivity contribution is 0.229. The van der Waals surface area contributed by atoms with E-state index in [0.717, 1.165) is 16.5 Å². The fourth-order valence-electron chi connectivity index (χ4n) is 4.41. The maximum Gasteiger partial charge on any atom is 0.320 e. The van der Waals surface area contributed by atoms with E-state index in [1.165, 1.54) is 0 Å². The molecule has 0 saturated heterocycles. The van der Waals surface area contributed by atoms with Gasteiger partial charge in [0.05, 0.1) is 41.1 Å². The summed E-state index contributed by atoms with van der Waals surface area (Å²) in [6, 6.07) is 13.8. The van der Waals surface area contributed by atoms with Crippen LogP contribution in [0.2, 0.25) is 5.15 Å². The van der Waals surface area contributed by atoms with Crippen LogP contribution < -0.4 is 34.5 Å². The topological polar surface area (TPSA) is 127 Å². The predicted molar refractivity (Wildman–Crippen MR) is 162 cm³/mol. The number of carbonyl (C=O) groups excluding carboxylic acids is 1. The Labute approximate surface area is 249 Å². The van der Waals surface area contributed by atoms with Gasteiger partial charge in [0, 0.05) is 47.9 Å². The Morgan fingerprint density at radius 2 is 1.52 bits per heavy atom. The molecule has 2 aromatic heterocycles. The van der Waals surface area contributed by atoms with Crippen molar-refractivity contribution >= 4 is 40.0 Å². The van der Waals surface area contributed by atoms with Crippen LogP contribution in [0.15, 0.2) is 54.7 Å². The number of urea groups is 1. The third kappa shape index (κ3) is 7.23. The molecule has 2 amide bonds. The molecule has 4 rings (SSSR count). The molecule has 11 nitrogen and oxygen atoms in total. The van der Waals surface area contributed by atoms with Crippen molar-refractivity contribution in [1.29, 1.82) is 0 Å².